The van der Waals surface area contributed by atoms with E-state index < -0.39 is 0 Å². The lowest BCUT2D eigenvalue weighted by Gasteiger charge is -2.14. The van der Waals surface area contributed by atoms with Crippen molar-refractivity contribution in [3.8, 4) is 0 Å². The molecule has 0 aliphatic rings. The predicted octanol–water partition coefficient (Wildman–Crippen LogP) is 4.89. The summed E-state index contributed by atoms with van der Waals surface area (Å²) in [5.74, 6) is 0.666. The first-order valence-corrected chi connectivity index (χ1v) is 5.41. The van der Waals surface area contributed by atoms with Crippen LogP contribution in [0.2, 0.25) is 0 Å². The molecule has 0 spiro atoms. The second-order valence-corrected chi connectivity index (χ2v) is 4.19. The van der Waals surface area contributed by atoms with Gasteiger partial charge in [-0.05, 0) is 46.5 Å². The molecule has 14 heavy (non-hydrogen) atoms. The molecule has 0 heteroatoms. The summed E-state index contributed by atoms with van der Waals surface area (Å²) in [6, 6.07) is 0. The first kappa shape index (κ1) is 13.2. The zero-order chi connectivity index (χ0) is 11.1. The maximum absolute atomic E-state index is 3.77. The quantitative estimate of drug-likeness (QED) is 0.544. The Balaban J connectivity index is 4.37. The maximum Gasteiger partial charge on any atom is -0.0142 e. The van der Waals surface area contributed by atoms with Crippen LogP contribution in [0.25, 0.3) is 0 Å². The van der Waals surface area contributed by atoms with Crippen molar-refractivity contribution in [1.82, 2.24) is 0 Å². The molecule has 0 saturated carbocycles. The lowest BCUT2D eigenvalue weighted by atomic mass is 9.92. The number of allylic oxidation sites excluding steroid dienone is 5. The highest BCUT2D eigenvalue weighted by atomic mass is 14.1. The summed E-state index contributed by atoms with van der Waals surface area (Å²) in [5, 5.41) is 0. The normalized spacial score (nSPS) is 16.2. The van der Waals surface area contributed by atoms with Crippen molar-refractivity contribution in [2.45, 2.75) is 47.5 Å². The molecule has 0 aromatic heterocycles. The summed E-state index contributed by atoms with van der Waals surface area (Å²) in [7, 11) is 0. The van der Waals surface area contributed by atoms with Crippen LogP contribution in [-0.4, -0.2) is 0 Å². The summed E-state index contributed by atoms with van der Waals surface area (Å²) < 4.78 is 0. The fraction of sp³-hybridized carbons (Fsp3) is 0.571. The predicted molar refractivity (Wildman–Crippen MR) is 66.4 cm³/mol. The Morgan fingerprint density at radius 2 is 1.79 bits per heavy atom. The molecule has 0 bridgehead atoms. The van der Waals surface area contributed by atoms with Crippen LogP contribution < -0.4 is 0 Å². The van der Waals surface area contributed by atoms with E-state index in [-0.39, 0.29) is 0 Å². The van der Waals surface area contributed by atoms with E-state index in [4.69, 9.17) is 0 Å². The van der Waals surface area contributed by atoms with Crippen molar-refractivity contribution in [1.29, 1.82) is 0 Å². The second-order valence-electron chi connectivity index (χ2n) is 4.19. The van der Waals surface area contributed by atoms with Crippen molar-refractivity contribution in [2.24, 2.45) is 5.92 Å². The molecule has 0 N–H and O–H groups in total. The molecular weight excluding hydrogens is 168 g/mol. The molecule has 0 aliphatic carbocycles. The fourth-order valence-corrected chi connectivity index (χ4v) is 1.47. The Labute approximate surface area is 89.4 Å². The molecule has 1 atom stereocenters. The maximum atomic E-state index is 3.77. The lowest BCUT2D eigenvalue weighted by Crippen LogP contribution is -1.98. The van der Waals surface area contributed by atoms with E-state index >= 15 is 0 Å². The fourth-order valence-electron chi connectivity index (χ4n) is 1.47. The molecule has 0 aliphatic heterocycles. The monoisotopic (exact) mass is 192 g/mol. The van der Waals surface area contributed by atoms with E-state index in [1.54, 1.807) is 0 Å². The van der Waals surface area contributed by atoms with Crippen LogP contribution in [0.1, 0.15) is 47.5 Å². The van der Waals surface area contributed by atoms with Gasteiger partial charge < -0.3 is 0 Å². The Bertz CT molecular complexity index is 241. The van der Waals surface area contributed by atoms with Gasteiger partial charge >= 0.3 is 0 Å². The second kappa shape index (κ2) is 6.64. The first-order chi connectivity index (χ1) is 6.52. The minimum Gasteiger partial charge on any atom is -0.103 e. The van der Waals surface area contributed by atoms with Crippen molar-refractivity contribution in [2.75, 3.05) is 0 Å². The molecular formula is C14H24. The van der Waals surface area contributed by atoms with Crippen molar-refractivity contribution in [3.05, 3.63) is 35.5 Å². The van der Waals surface area contributed by atoms with Gasteiger partial charge in [-0.3, -0.25) is 0 Å². The highest BCUT2D eigenvalue weighted by Crippen LogP contribution is 2.22. The number of hydrogen-bond acceptors (Lipinski definition) is 0. The third-order valence-corrected chi connectivity index (χ3v) is 3.02. The van der Waals surface area contributed by atoms with Gasteiger partial charge in [-0.1, -0.05) is 35.8 Å². The molecule has 0 fully saturated rings. The summed E-state index contributed by atoms with van der Waals surface area (Å²) in [4.78, 5) is 0. The molecule has 0 radical (unpaired) electrons. The van der Waals surface area contributed by atoms with Crippen LogP contribution in [0.5, 0.6) is 0 Å². The van der Waals surface area contributed by atoms with Gasteiger partial charge in [0, 0.05) is 0 Å². The summed E-state index contributed by atoms with van der Waals surface area (Å²) in [6.07, 6.45) is 6.39. The van der Waals surface area contributed by atoms with Gasteiger partial charge in [-0.2, -0.15) is 0 Å². The van der Waals surface area contributed by atoms with Crippen molar-refractivity contribution >= 4 is 0 Å². The first-order valence-electron chi connectivity index (χ1n) is 5.41. The van der Waals surface area contributed by atoms with Crippen LogP contribution >= 0.6 is 0 Å². The summed E-state index contributed by atoms with van der Waals surface area (Å²) in [5.41, 5.74) is 4.46. The van der Waals surface area contributed by atoms with E-state index in [0.717, 1.165) is 6.42 Å². The molecule has 1 unspecified atom stereocenters. The topological polar surface area (TPSA) is 0 Å². The van der Waals surface area contributed by atoms with Crippen LogP contribution in [0.3, 0.4) is 0 Å². The Kier molecular flexibility index (Phi) is 6.27. The number of rotatable bonds is 5. The molecule has 0 aromatic rings. The highest BCUT2D eigenvalue weighted by molar-refractivity contribution is 5.15. The number of hydrogen-bond donors (Lipinski definition) is 0. The van der Waals surface area contributed by atoms with E-state index in [0.29, 0.717) is 5.92 Å². The Morgan fingerprint density at radius 1 is 1.21 bits per heavy atom. The van der Waals surface area contributed by atoms with Gasteiger partial charge in [0.05, 0.1) is 0 Å². The van der Waals surface area contributed by atoms with Crippen LogP contribution in [0.15, 0.2) is 35.5 Å². The standard InChI is InChI=1S/C14H24/c1-7-9-12(4)14(6)10-13(5)11(3)8-2/h7-8,13H,1,9-10H2,2-6H3/b11-8+,14-12+. The molecule has 0 aromatic carbocycles. The largest absolute Gasteiger partial charge is 0.103 e. The minimum absolute atomic E-state index is 0.666. The average Bonchev–Trinajstić information content (AvgIpc) is 2.16. The van der Waals surface area contributed by atoms with E-state index in [2.05, 4.69) is 47.3 Å². The summed E-state index contributed by atoms with van der Waals surface area (Å²) in [6.45, 7) is 14.8. The molecule has 80 valence electrons. The molecule has 0 saturated heterocycles. The van der Waals surface area contributed by atoms with Gasteiger partial charge in [0.25, 0.3) is 0 Å². The lowest BCUT2D eigenvalue weighted by molar-refractivity contribution is 0.665. The molecule has 0 heterocycles. The Hall–Kier alpha value is -0.780. The van der Waals surface area contributed by atoms with Crippen molar-refractivity contribution < 1.29 is 0 Å². The zero-order valence-corrected chi connectivity index (χ0v) is 10.4. The SMILES string of the molecule is C=CC/C(C)=C(\C)CC(C)/C(C)=C/C. The van der Waals surface area contributed by atoms with E-state index in [9.17, 15) is 0 Å². The zero-order valence-electron chi connectivity index (χ0n) is 10.4. The molecule has 0 rings (SSSR count). The molecule has 0 nitrogen and oxygen atoms in total. The van der Waals surface area contributed by atoms with Gasteiger partial charge in [-0.15, -0.1) is 6.58 Å². The van der Waals surface area contributed by atoms with Gasteiger partial charge in [0.1, 0.15) is 0 Å². The average molecular weight is 192 g/mol. The minimum atomic E-state index is 0.666. The van der Waals surface area contributed by atoms with Crippen LogP contribution in [0.4, 0.5) is 0 Å². The smallest absolute Gasteiger partial charge is 0.0142 e. The summed E-state index contributed by atoms with van der Waals surface area (Å²) >= 11 is 0. The van der Waals surface area contributed by atoms with E-state index in [1.807, 2.05) is 6.08 Å². The Morgan fingerprint density at radius 3 is 2.21 bits per heavy atom. The van der Waals surface area contributed by atoms with Gasteiger partial charge in [0.15, 0.2) is 0 Å². The third-order valence-electron chi connectivity index (χ3n) is 3.02. The van der Waals surface area contributed by atoms with Crippen LogP contribution in [-0.2, 0) is 0 Å². The molecule has 0 amide bonds. The third kappa shape index (κ3) is 4.45. The van der Waals surface area contributed by atoms with E-state index in [1.165, 1.54) is 23.1 Å². The van der Waals surface area contributed by atoms with Crippen LogP contribution in [0, 0.1) is 5.92 Å². The van der Waals surface area contributed by atoms with Gasteiger partial charge in [-0.25, -0.2) is 0 Å². The van der Waals surface area contributed by atoms with Crippen molar-refractivity contribution in [3.63, 3.8) is 0 Å². The highest BCUT2D eigenvalue weighted by Gasteiger charge is 2.05. The van der Waals surface area contributed by atoms with Gasteiger partial charge in [0.2, 0.25) is 0 Å².